The average Bonchev–Trinajstić information content (AvgIpc) is 2.68. The van der Waals surface area contributed by atoms with E-state index >= 15 is 0 Å². The first-order valence-corrected chi connectivity index (χ1v) is 9.15. The zero-order chi connectivity index (χ0) is 17.5. The van der Waals surface area contributed by atoms with Gasteiger partial charge in [-0.15, -0.1) is 0 Å². The second kappa shape index (κ2) is 8.65. The van der Waals surface area contributed by atoms with Gasteiger partial charge in [-0.25, -0.2) is 0 Å². The Bertz CT molecular complexity index is 549. The molecule has 1 amide bonds. The standard InChI is InChI=1S/C19H28N2O4/c1-2-24-16-5-3-15(4-6-16)19(7-10-23-11-8-19)14-21-18(22)17-13-20-9-12-25-17/h3-6,17,20H,2,7-14H2,1H3,(H,21,22). The quantitative estimate of drug-likeness (QED) is 0.810. The van der Waals surface area contributed by atoms with Crippen LogP contribution in [0.3, 0.4) is 0 Å². The van der Waals surface area contributed by atoms with Crippen molar-refractivity contribution >= 4 is 5.91 Å². The fraction of sp³-hybridized carbons (Fsp3) is 0.632. The zero-order valence-electron chi connectivity index (χ0n) is 14.9. The van der Waals surface area contributed by atoms with Gasteiger partial charge in [0.25, 0.3) is 0 Å². The van der Waals surface area contributed by atoms with E-state index in [1.165, 1.54) is 5.56 Å². The van der Waals surface area contributed by atoms with E-state index in [2.05, 4.69) is 22.8 Å². The minimum Gasteiger partial charge on any atom is -0.494 e. The molecule has 3 rings (SSSR count). The number of hydrogen-bond acceptors (Lipinski definition) is 5. The van der Waals surface area contributed by atoms with Gasteiger partial charge in [0.05, 0.1) is 13.2 Å². The zero-order valence-corrected chi connectivity index (χ0v) is 14.9. The second-order valence-corrected chi connectivity index (χ2v) is 6.63. The highest BCUT2D eigenvalue weighted by Crippen LogP contribution is 2.35. The van der Waals surface area contributed by atoms with Crippen molar-refractivity contribution in [2.24, 2.45) is 0 Å². The number of rotatable bonds is 6. The van der Waals surface area contributed by atoms with E-state index in [0.717, 1.165) is 25.1 Å². The Hall–Kier alpha value is -1.63. The molecule has 2 saturated heterocycles. The van der Waals surface area contributed by atoms with Crippen molar-refractivity contribution in [1.29, 1.82) is 0 Å². The van der Waals surface area contributed by atoms with Gasteiger partial charge in [0.2, 0.25) is 5.91 Å². The van der Waals surface area contributed by atoms with Gasteiger partial charge in [-0.2, -0.15) is 0 Å². The Morgan fingerprint density at radius 2 is 2.04 bits per heavy atom. The predicted molar refractivity (Wildman–Crippen MR) is 95.0 cm³/mol. The number of hydrogen-bond donors (Lipinski definition) is 2. The summed E-state index contributed by atoms with van der Waals surface area (Å²) in [7, 11) is 0. The van der Waals surface area contributed by atoms with Crippen LogP contribution in [0.4, 0.5) is 0 Å². The molecular weight excluding hydrogens is 320 g/mol. The van der Waals surface area contributed by atoms with Crippen molar-refractivity contribution in [1.82, 2.24) is 10.6 Å². The van der Waals surface area contributed by atoms with E-state index in [1.807, 2.05) is 19.1 Å². The van der Waals surface area contributed by atoms with Crippen molar-refractivity contribution in [2.75, 3.05) is 46.1 Å². The number of carbonyl (C=O) groups excluding carboxylic acids is 1. The molecule has 0 spiro atoms. The Morgan fingerprint density at radius 1 is 1.28 bits per heavy atom. The summed E-state index contributed by atoms with van der Waals surface area (Å²) in [4.78, 5) is 12.4. The largest absolute Gasteiger partial charge is 0.494 e. The third kappa shape index (κ3) is 4.51. The summed E-state index contributed by atoms with van der Waals surface area (Å²) in [6, 6.07) is 8.24. The van der Waals surface area contributed by atoms with E-state index in [9.17, 15) is 4.79 Å². The maximum Gasteiger partial charge on any atom is 0.250 e. The van der Waals surface area contributed by atoms with Gasteiger partial charge in [0.15, 0.2) is 0 Å². The molecule has 2 fully saturated rings. The summed E-state index contributed by atoms with van der Waals surface area (Å²) < 4.78 is 16.6. The second-order valence-electron chi connectivity index (χ2n) is 6.63. The molecule has 0 saturated carbocycles. The molecule has 2 aliphatic rings. The average molecular weight is 348 g/mol. The van der Waals surface area contributed by atoms with Crippen LogP contribution in [0, 0.1) is 0 Å². The molecule has 0 aromatic heterocycles. The van der Waals surface area contributed by atoms with Gasteiger partial charge in [0, 0.05) is 38.3 Å². The fourth-order valence-corrected chi connectivity index (χ4v) is 3.50. The Morgan fingerprint density at radius 3 is 2.68 bits per heavy atom. The maximum absolute atomic E-state index is 12.4. The molecule has 1 aromatic rings. The van der Waals surface area contributed by atoms with Crippen LogP contribution in [0.5, 0.6) is 5.75 Å². The molecule has 25 heavy (non-hydrogen) atoms. The molecular formula is C19H28N2O4. The van der Waals surface area contributed by atoms with Crippen molar-refractivity contribution in [3.63, 3.8) is 0 Å². The SMILES string of the molecule is CCOc1ccc(C2(CNC(=O)C3CNCCO3)CCOCC2)cc1. The summed E-state index contributed by atoms with van der Waals surface area (Å²) in [5.74, 6) is 0.836. The van der Waals surface area contributed by atoms with Gasteiger partial charge in [-0.3, -0.25) is 4.79 Å². The van der Waals surface area contributed by atoms with E-state index in [4.69, 9.17) is 14.2 Å². The van der Waals surface area contributed by atoms with E-state index in [-0.39, 0.29) is 11.3 Å². The lowest BCUT2D eigenvalue weighted by molar-refractivity contribution is -0.134. The van der Waals surface area contributed by atoms with E-state index in [0.29, 0.717) is 39.5 Å². The summed E-state index contributed by atoms with van der Waals surface area (Å²) in [6.45, 7) is 6.62. The summed E-state index contributed by atoms with van der Waals surface area (Å²) in [5.41, 5.74) is 1.13. The Kier molecular flexibility index (Phi) is 6.29. The normalized spacial score (nSPS) is 23.0. The minimum absolute atomic E-state index is 0.0380. The highest BCUT2D eigenvalue weighted by molar-refractivity contribution is 5.81. The van der Waals surface area contributed by atoms with Crippen molar-refractivity contribution < 1.29 is 19.0 Å². The lowest BCUT2D eigenvalue weighted by Crippen LogP contribution is -2.51. The summed E-state index contributed by atoms with van der Waals surface area (Å²) in [5, 5.41) is 6.30. The molecule has 2 aliphatic heterocycles. The van der Waals surface area contributed by atoms with Gasteiger partial charge in [-0.05, 0) is 37.5 Å². The number of morpholine rings is 1. The molecule has 6 nitrogen and oxygen atoms in total. The first kappa shape index (κ1) is 18.2. The molecule has 0 radical (unpaired) electrons. The third-order valence-corrected chi connectivity index (χ3v) is 5.05. The van der Waals surface area contributed by atoms with Crippen LogP contribution < -0.4 is 15.4 Å². The molecule has 6 heteroatoms. The van der Waals surface area contributed by atoms with Crippen LogP contribution in [0.15, 0.2) is 24.3 Å². The highest BCUT2D eigenvalue weighted by Gasteiger charge is 2.35. The lowest BCUT2D eigenvalue weighted by atomic mass is 9.74. The molecule has 2 N–H and O–H groups in total. The molecule has 1 aromatic carbocycles. The number of benzene rings is 1. The van der Waals surface area contributed by atoms with Gasteiger partial charge in [-0.1, -0.05) is 12.1 Å². The van der Waals surface area contributed by atoms with Crippen molar-refractivity contribution in [3.8, 4) is 5.75 Å². The Balaban J connectivity index is 1.68. The van der Waals surface area contributed by atoms with E-state index in [1.54, 1.807) is 0 Å². The van der Waals surface area contributed by atoms with Crippen LogP contribution in [-0.2, 0) is 19.7 Å². The van der Waals surface area contributed by atoms with Crippen LogP contribution in [0.2, 0.25) is 0 Å². The summed E-state index contributed by atoms with van der Waals surface area (Å²) in [6.07, 6.45) is 1.39. The first-order valence-electron chi connectivity index (χ1n) is 9.15. The molecule has 2 heterocycles. The maximum atomic E-state index is 12.4. The van der Waals surface area contributed by atoms with Crippen molar-refractivity contribution in [2.45, 2.75) is 31.3 Å². The monoisotopic (exact) mass is 348 g/mol. The number of amides is 1. The minimum atomic E-state index is -0.397. The molecule has 0 aliphatic carbocycles. The predicted octanol–water partition coefficient (Wildman–Crippen LogP) is 1.24. The van der Waals surface area contributed by atoms with Gasteiger partial charge >= 0.3 is 0 Å². The Labute approximate surface area is 149 Å². The molecule has 1 atom stereocenters. The fourth-order valence-electron chi connectivity index (χ4n) is 3.50. The van der Waals surface area contributed by atoms with Crippen LogP contribution in [0.25, 0.3) is 0 Å². The number of carbonyl (C=O) groups is 1. The third-order valence-electron chi connectivity index (χ3n) is 5.05. The first-order chi connectivity index (χ1) is 12.2. The number of nitrogens with one attached hydrogen (secondary N) is 2. The van der Waals surface area contributed by atoms with Crippen LogP contribution in [0.1, 0.15) is 25.3 Å². The smallest absolute Gasteiger partial charge is 0.250 e. The summed E-state index contributed by atoms with van der Waals surface area (Å²) >= 11 is 0. The molecule has 138 valence electrons. The van der Waals surface area contributed by atoms with Crippen molar-refractivity contribution in [3.05, 3.63) is 29.8 Å². The highest BCUT2D eigenvalue weighted by atomic mass is 16.5. The lowest BCUT2D eigenvalue weighted by Gasteiger charge is -2.38. The van der Waals surface area contributed by atoms with Gasteiger partial charge in [0.1, 0.15) is 11.9 Å². The molecule has 0 bridgehead atoms. The topological polar surface area (TPSA) is 68.8 Å². The van der Waals surface area contributed by atoms with Crippen LogP contribution >= 0.6 is 0 Å². The molecule has 1 unspecified atom stereocenters. The van der Waals surface area contributed by atoms with Gasteiger partial charge < -0.3 is 24.8 Å². The van der Waals surface area contributed by atoms with Crippen LogP contribution in [-0.4, -0.2) is 58.1 Å². The van der Waals surface area contributed by atoms with E-state index < -0.39 is 6.10 Å². The number of ether oxygens (including phenoxy) is 3.